The minimum atomic E-state index is -4.80. The molecule has 0 saturated heterocycles. The van der Waals surface area contributed by atoms with E-state index in [9.17, 15) is 35.9 Å². The molecule has 3 aromatic carbocycles. The van der Waals surface area contributed by atoms with Crippen molar-refractivity contribution >= 4 is 24.1 Å². The van der Waals surface area contributed by atoms with Crippen LogP contribution in [0.15, 0.2) is 77.9 Å². The number of aliphatic carboxylic acids is 2. The standard InChI is InChI=1S/C17H11F3O3.C14H13F3O3/c18-17(19,20)15-13(16(21)22)8-12-7-6-11(9-14(12)23-15)10-4-2-1-3-5-10;1-7(2)8-3-4-9-5-10(13(18)19)12(14(15,16)17)20-11(9)6-8/h1-9,15H,(H,21,22);3-7,12H,1-2H3,(H,18,19). The number of halogens is 6. The first-order valence-electron chi connectivity index (χ1n) is 12.8. The molecule has 5 rings (SSSR count). The molecule has 3 aromatic rings. The van der Waals surface area contributed by atoms with E-state index >= 15 is 0 Å². The first kappa shape index (κ1) is 31.2. The van der Waals surface area contributed by atoms with Crippen LogP contribution in [0, 0.1) is 0 Å². The quantitative estimate of drug-likeness (QED) is 0.295. The lowest BCUT2D eigenvalue weighted by molar-refractivity contribution is -0.187. The molecule has 2 aliphatic heterocycles. The average molecular weight is 607 g/mol. The van der Waals surface area contributed by atoms with Gasteiger partial charge in [0, 0.05) is 11.1 Å². The van der Waals surface area contributed by atoms with Crippen molar-refractivity contribution < 1.29 is 55.6 Å². The minimum absolute atomic E-state index is 0.0127. The van der Waals surface area contributed by atoms with Crippen LogP contribution in [0.1, 0.15) is 36.5 Å². The van der Waals surface area contributed by atoms with Crippen molar-refractivity contribution in [3.63, 3.8) is 0 Å². The zero-order chi connectivity index (χ0) is 31.7. The lowest BCUT2D eigenvalue weighted by Gasteiger charge is -2.27. The molecule has 0 radical (unpaired) electrons. The van der Waals surface area contributed by atoms with E-state index in [0.29, 0.717) is 16.7 Å². The van der Waals surface area contributed by atoms with Crippen LogP contribution in [0.2, 0.25) is 0 Å². The second-order valence-electron chi connectivity index (χ2n) is 9.96. The van der Waals surface area contributed by atoms with Crippen LogP contribution in [-0.2, 0) is 9.59 Å². The molecule has 0 spiro atoms. The smallest absolute Gasteiger partial charge is 0.430 e. The summed E-state index contributed by atoms with van der Waals surface area (Å²) in [6, 6.07) is 18.7. The van der Waals surface area contributed by atoms with E-state index in [4.69, 9.17) is 19.7 Å². The Bertz CT molecular complexity index is 1590. The average Bonchev–Trinajstić information content (AvgIpc) is 2.95. The lowest BCUT2D eigenvalue weighted by atomic mass is 9.96. The van der Waals surface area contributed by atoms with E-state index in [0.717, 1.165) is 23.3 Å². The first-order chi connectivity index (χ1) is 20.1. The van der Waals surface area contributed by atoms with Gasteiger partial charge in [0.05, 0.1) is 11.1 Å². The van der Waals surface area contributed by atoms with E-state index < -0.39 is 47.6 Å². The molecular formula is C31H24F6O6. The van der Waals surface area contributed by atoms with Gasteiger partial charge in [-0.25, -0.2) is 9.59 Å². The van der Waals surface area contributed by atoms with Gasteiger partial charge in [0.15, 0.2) is 0 Å². The Hall–Kier alpha value is -4.74. The summed E-state index contributed by atoms with van der Waals surface area (Å²) in [5.74, 6) is -3.07. The number of carboxylic acids is 2. The number of fused-ring (bicyclic) bond motifs is 2. The van der Waals surface area contributed by atoms with Crippen LogP contribution in [-0.4, -0.2) is 46.7 Å². The summed E-state index contributed by atoms with van der Waals surface area (Å²) >= 11 is 0. The predicted octanol–water partition coefficient (Wildman–Crippen LogP) is 7.75. The molecule has 0 aromatic heterocycles. The summed E-state index contributed by atoms with van der Waals surface area (Å²) in [5, 5.41) is 17.9. The highest BCUT2D eigenvalue weighted by Gasteiger charge is 2.49. The minimum Gasteiger partial charge on any atom is -0.478 e. The highest BCUT2D eigenvalue weighted by atomic mass is 19.4. The summed E-state index contributed by atoms with van der Waals surface area (Å²) < 4.78 is 87.6. The molecule has 2 aliphatic rings. The van der Waals surface area contributed by atoms with Crippen molar-refractivity contribution in [3.8, 4) is 22.6 Å². The van der Waals surface area contributed by atoms with E-state index in [1.165, 1.54) is 12.1 Å². The number of carboxylic acid groups (broad SMARTS) is 2. The number of hydrogen-bond donors (Lipinski definition) is 2. The molecule has 12 heteroatoms. The van der Waals surface area contributed by atoms with E-state index in [2.05, 4.69) is 0 Å². The van der Waals surface area contributed by atoms with Gasteiger partial charge in [0.1, 0.15) is 11.5 Å². The van der Waals surface area contributed by atoms with Gasteiger partial charge in [-0.3, -0.25) is 0 Å². The van der Waals surface area contributed by atoms with Crippen LogP contribution >= 0.6 is 0 Å². The Morgan fingerprint density at radius 3 is 1.58 bits per heavy atom. The van der Waals surface area contributed by atoms with Crippen molar-refractivity contribution in [1.82, 2.24) is 0 Å². The van der Waals surface area contributed by atoms with Crippen molar-refractivity contribution in [3.05, 3.63) is 94.6 Å². The predicted molar refractivity (Wildman–Crippen MR) is 145 cm³/mol. The molecule has 0 aliphatic carbocycles. The molecule has 0 saturated carbocycles. The number of alkyl halides is 6. The maximum atomic E-state index is 13.0. The molecule has 226 valence electrons. The van der Waals surface area contributed by atoms with Gasteiger partial charge in [-0.1, -0.05) is 68.4 Å². The number of benzene rings is 3. The molecule has 0 fully saturated rings. The number of hydrogen-bond acceptors (Lipinski definition) is 4. The normalized spacial score (nSPS) is 17.6. The van der Waals surface area contributed by atoms with Crippen LogP contribution in [0.25, 0.3) is 23.3 Å². The maximum Gasteiger partial charge on any atom is 0.430 e. The van der Waals surface area contributed by atoms with Gasteiger partial charge < -0.3 is 19.7 Å². The second kappa shape index (κ2) is 11.9. The first-order valence-corrected chi connectivity index (χ1v) is 12.8. The van der Waals surface area contributed by atoms with Gasteiger partial charge >= 0.3 is 24.3 Å². The van der Waals surface area contributed by atoms with Crippen LogP contribution in [0.5, 0.6) is 11.5 Å². The summed E-state index contributed by atoms with van der Waals surface area (Å²) in [4.78, 5) is 22.0. The number of rotatable bonds is 4. The van der Waals surface area contributed by atoms with Gasteiger partial charge in [-0.15, -0.1) is 0 Å². The maximum absolute atomic E-state index is 13.0. The van der Waals surface area contributed by atoms with Crippen molar-refractivity contribution in [2.24, 2.45) is 0 Å². The van der Waals surface area contributed by atoms with E-state index in [-0.39, 0.29) is 17.4 Å². The zero-order valence-electron chi connectivity index (χ0n) is 22.5. The molecule has 43 heavy (non-hydrogen) atoms. The molecule has 6 nitrogen and oxygen atoms in total. The molecule has 0 amide bonds. The number of ether oxygens (including phenoxy) is 2. The Kier molecular flexibility index (Phi) is 8.61. The molecule has 2 unspecified atom stereocenters. The third-order valence-electron chi connectivity index (χ3n) is 6.59. The molecular weight excluding hydrogens is 582 g/mol. The Balaban J connectivity index is 0.000000199. The lowest BCUT2D eigenvalue weighted by Crippen LogP contribution is -2.40. The van der Waals surface area contributed by atoms with E-state index in [1.54, 1.807) is 24.3 Å². The number of carbonyl (C=O) groups is 2. The van der Waals surface area contributed by atoms with Gasteiger partial charge in [0.25, 0.3) is 0 Å². The van der Waals surface area contributed by atoms with Crippen molar-refractivity contribution in [2.75, 3.05) is 0 Å². The summed E-state index contributed by atoms with van der Waals surface area (Å²) in [6.07, 6.45) is -12.5. The monoisotopic (exact) mass is 606 g/mol. The topological polar surface area (TPSA) is 93.1 Å². The Labute approximate surface area is 241 Å². The molecule has 2 atom stereocenters. The fraction of sp³-hybridized carbons (Fsp3) is 0.226. The fourth-order valence-corrected chi connectivity index (χ4v) is 4.40. The highest BCUT2D eigenvalue weighted by molar-refractivity contribution is 5.96. The van der Waals surface area contributed by atoms with Gasteiger partial charge in [0.2, 0.25) is 12.2 Å². The van der Waals surface area contributed by atoms with Crippen molar-refractivity contribution in [1.29, 1.82) is 0 Å². The zero-order valence-corrected chi connectivity index (χ0v) is 22.5. The summed E-state index contributed by atoms with van der Waals surface area (Å²) in [5.41, 5.74) is 1.37. The second-order valence-corrected chi connectivity index (χ2v) is 9.96. The Morgan fingerprint density at radius 2 is 1.14 bits per heavy atom. The van der Waals surface area contributed by atoms with Gasteiger partial charge in [-0.2, -0.15) is 26.3 Å². The molecule has 2 heterocycles. The van der Waals surface area contributed by atoms with Crippen LogP contribution in [0.4, 0.5) is 26.3 Å². The Morgan fingerprint density at radius 1 is 0.674 bits per heavy atom. The SMILES string of the molecule is CC(C)c1ccc2c(c1)OC(C(F)(F)F)C(C(=O)O)=C2.O=C(O)C1=Cc2ccc(-c3ccccc3)cc2OC1C(F)(F)F. The summed E-state index contributed by atoms with van der Waals surface area (Å²) in [6.45, 7) is 3.81. The molecule has 2 N–H and O–H groups in total. The summed E-state index contributed by atoms with van der Waals surface area (Å²) in [7, 11) is 0. The van der Waals surface area contributed by atoms with Crippen LogP contribution in [0.3, 0.4) is 0 Å². The third kappa shape index (κ3) is 7.02. The molecule has 0 bridgehead atoms. The highest BCUT2D eigenvalue weighted by Crippen LogP contribution is 2.40. The van der Waals surface area contributed by atoms with Crippen LogP contribution < -0.4 is 9.47 Å². The third-order valence-corrected chi connectivity index (χ3v) is 6.59. The van der Waals surface area contributed by atoms with E-state index in [1.807, 2.05) is 44.2 Å². The van der Waals surface area contributed by atoms with Crippen molar-refractivity contribution in [2.45, 2.75) is 44.3 Å². The fourth-order valence-electron chi connectivity index (χ4n) is 4.40. The van der Waals surface area contributed by atoms with Gasteiger partial charge in [-0.05, 0) is 46.9 Å². The largest absolute Gasteiger partial charge is 0.478 e.